The molecule has 0 aliphatic heterocycles. The van der Waals surface area contributed by atoms with Gasteiger partial charge in [0.2, 0.25) is 5.88 Å². The van der Waals surface area contributed by atoms with E-state index in [2.05, 4.69) is 19.0 Å². The van der Waals surface area contributed by atoms with Gasteiger partial charge in [-0.15, -0.1) is 0 Å². The van der Waals surface area contributed by atoms with E-state index >= 15 is 0 Å². The van der Waals surface area contributed by atoms with Crippen molar-refractivity contribution in [3.8, 4) is 11.1 Å². The number of hydrogen-bond acceptors (Lipinski definition) is 3. The zero-order valence-corrected chi connectivity index (χ0v) is 11.7. The van der Waals surface area contributed by atoms with Crippen molar-refractivity contribution in [1.82, 2.24) is 5.16 Å². The normalized spacial score (nSPS) is 12.6. The van der Waals surface area contributed by atoms with Gasteiger partial charge in [0.05, 0.1) is 16.3 Å². The lowest BCUT2D eigenvalue weighted by atomic mass is 9.97. The molecule has 1 heterocycles. The number of nitrogens with zero attached hydrogens (tertiary/aromatic N) is 1. The molecule has 2 N–H and O–H groups in total. The molecule has 19 heavy (non-hydrogen) atoms. The number of nitrogens with two attached hydrogens (primary N) is 1. The Morgan fingerprint density at radius 3 is 2.89 bits per heavy atom. The summed E-state index contributed by atoms with van der Waals surface area (Å²) in [5.41, 5.74) is 7.30. The largest absolute Gasteiger partial charge is 0.367 e. The second-order valence-electron chi connectivity index (χ2n) is 4.69. The molecule has 102 valence electrons. The van der Waals surface area contributed by atoms with Crippen LogP contribution >= 0.6 is 11.6 Å². The van der Waals surface area contributed by atoms with Crippen molar-refractivity contribution in [3.63, 3.8) is 0 Å². The SMILES string of the molecule is CCC(C)Cc1noc(N)c1-c1cccc(Cl)c1F. The molecule has 0 saturated heterocycles. The molecular weight excluding hydrogens is 267 g/mol. The summed E-state index contributed by atoms with van der Waals surface area (Å²) in [6.45, 7) is 4.19. The minimum Gasteiger partial charge on any atom is -0.367 e. The first kappa shape index (κ1) is 13.9. The lowest BCUT2D eigenvalue weighted by molar-refractivity contribution is 0.418. The maximum atomic E-state index is 14.1. The van der Waals surface area contributed by atoms with E-state index in [0.29, 0.717) is 29.2 Å². The maximum absolute atomic E-state index is 14.1. The highest BCUT2D eigenvalue weighted by atomic mass is 35.5. The predicted octanol–water partition coefficient (Wildman–Crippen LogP) is 4.30. The van der Waals surface area contributed by atoms with Gasteiger partial charge in [-0.3, -0.25) is 0 Å². The zero-order valence-electron chi connectivity index (χ0n) is 10.9. The van der Waals surface area contributed by atoms with Gasteiger partial charge in [-0.1, -0.05) is 49.2 Å². The molecule has 0 saturated carbocycles. The zero-order chi connectivity index (χ0) is 14.0. The fraction of sp³-hybridized carbons (Fsp3) is 0.357. The summed E-state index contributed by atoms with van der Waals surface area (Å²) in [4.78, 5) is 0. The third-order valence-corrected chi connectivity index (χ3v) is 3.54. The quantitative estimate of drug-likeness (QED) is 0.909. The van der Waals surface area contributed by atoms with Gasteiger partial charge in [-0.05, 0) is 18.4 Å². The highest BCUT2D eigenvalue weighted by Gasteiger charge is 2.21. The third-order valence-electron chi connectivity index (χ3n) is 3.25. The van der Waals surface area contributed by atoms with Crippen LogP contribution in [0.4, 0.5) is 10.3 Å². The molecule has 0 aliphatic carbocycles. The van der Waals surface area contributed by atoms with Crippen molar-refractivity contribution in [1.29, 1.82) is 0 Å². The molecule has 1 unspecified atom stereocenters. The predicted molar refractivity (Wildman–Crippen MR) is 74.5 cm³/mol. The Morgan fingerprint density at radius 2 is 2.21 bits per heavy atom. The molecule has 0 aliphatic rings. The van der Waals surface area contributed by atoms with Gasteiger partial charge in [-0.25, -0.2) is 4.39 Å². The fourth-order valence-electron chi connectivity index (χ4n) is 1.94. The number of aromatic nitrogens is 1. The average Bonchev–Trinajstić information content (AvgIpc) is 2.74. The molecule has 0 radical (unpaired) electrons. The van der Waals surface area contributed by atoms with E-state index in [1.54, 1.807) is 12.1 Å². The summed E-state index contributed by atoms with van der Waals surface area (Å²) < 4.78 is 19.1. The summed E-state index contributed by atoms with van der Waals surface area (Å²) in [5.74, 6) is 0.0504. The van der Waals surface area contributed by atoms with Crippen LogP contribution in [-0.2, 0) is 6.42 Å². The number of halogens is 2. The van der Waals surface area contributed by atoms with E-state index in [0.717, 1.165) is 6.42 Å². The van der Waals surface area contributed by atoms with E-state index in [9.17, 15) is 4.39 Å². The molecule has 0 fully saturated rings. The highest BCUT2D eigenvalue weighted by Crippen LogP contribution is 2.35. The first-order valence-corrected chi connectivity index (χ1v) is 6.60. The van der Waals surface area contributed by atoms with Gasteiger partial charge in [0.25, 0.3) is 0 Å². The minimum atomic E-state index is -0.496. The monoisotopic (exact) mass is 282 g/mol. The van der Waals surface area contributed by atoms with Crippen LogP contribution in [-0.4, -0.2) is 5.16 Å². The van der Waals surface area contributed by atoms with Crippen molar-refractivity contribution in [2.45, 2.75) is 26.7 Å². The number of rotatable bonds is 4. The highest BCUT2D eigenvalue weighted by molar-refractivity contribution is 6.31. The van der Waals surface area contributed by atoms with E-state index in [4.69, 9.17) is 21.9 Å². The van der Waals surface area contributed by atoms with Gasteiger partial charge < -0.3 is 10.3 Å². The lowest BCUT2D eigenvalue weighted by Gasteiger charge is -2.08. The number of benzene rings is 1. The molecule has 1 aromatic carbocycles. The summed E-state index contributed by atoms with van der Waals surface area (Å²) >= 11 is 5.80. The first-order valence-electron chi connectivity index (χ1n) is 6.23. The van der Waals surface area contributed by atoms with Crippen LogP contribution in [0, 0.1) is 11.7 Å². The molecule has 0 spiro atoms. The van der Waals surface area contributed by atoms with Crippen LogP contribution in [0.3, 0.4) is 0 Å². The molecule has 5 heteroatoms. The summed E-state index contributed by atoms with van der Waals surface area (Å²) in [6, 6.07) is 4.81. The smallest absolute Gasteiger partial charge is 0.230 e. The van der Waals surface area contributed by atoms with Gasteiger partial charge in [0, 0.05) is 5.56 Å². The topological polar surface area (TPSA) is 52.0 Å². The van der Waals surface area contributed by atoms with Gasteiger partial charge in [0.15, 0.2) is 0 Å². The lowest BCUT2D eigenvalue weighted by Crippen LogP contribution is -2.01. The summed E-state index contributed by atoms with van der Waals surface area (Å²) in [5, 5.41) is 4.00. The van der Waals surface area contributed by atoms with Crippen molar-refractivity contribution in [2.24, 2.45) is 5.92 Å². The first-order chi connectivity index (χ1) is 9.04. The molecule has 3 nitrogen and oxygen atoms in total. The Kier molecular flexibility index (Phi) is 4.10. The molecule has 1 atom stereocenters. The standard InChI is InChI=1S/C14H16ClFN2O/c1-3-8(2)7-11-12(14(17)19-18-11)9-5-4-6-10(15)13(9)16/h4-6,8H,3,7,17H2,1-2H3. The number of anilines is 1. The summed E-state index contributed by atoms with van der Waals surface area (Å²) in [7, 11) is 0. The Morgan fingerprint density at radius 1 is 1.47 bits per heavy atom. The maximum Gasteiger partial charge on any atom is 0.230 e. The van der Waals surface area contributed by atoms with Gasteiger partial charge in [-0.2, -0.15) is 0 Å². The van der Waals surface area contributed by atoms with Crippen molar-refractivity contribution < 1.29 is 8.91 Å². The van der Waals surface area contributed by atoms with Crippen LogP contribution in [0.25, 0.3) is 11.1 Å². The Bertz CT molecular complexity index is 583. The minimum absolute atomic E-state index is 0.0626. The van der Waals surface area contributed by atoms with Crippen molar-refractivity contribution in [2.75, 3.05) is 5.73 Å². The molecular formula is C14H16ClFN2O. The Hall–Kier alpha value is -1.55. The molecule has 0 amide bonds. The third kappa shape index (κ3) is 2.73. The van der Waals surface area contributed by atoms with E-state index in [1.165, 1.54) is 6.07 Å². The van der Waals surface area contributed by atoms with Gasteiger partial charge in [0.1, 0.15) is 5.82 Å². The molecule has 1 aromatic heterocycles. The molecule has 2 aromatic rings. The molecule has 2 rings (SSSR count). The van der Waals surface area contributed by atoms with Crippen molar-refractivity contribution >= 4 is 17.5 Å². The average molecular weight is 283 g/mol. The van der Waals surface area contributed by atoms with Crippen LogP contribution in [0.2, 0.25) is 5.02 Å². The fourth-order valence-corrected chi connectivity index (χ4v) is 2.11. The number of hydrogen-bond donors (Lipinski definition) is 1. The van der Waals surface area contributed by atoms with Crippen LogP contribution < -0.4 is 5.73 Å². The van der Waals surface area contributed by atoms with Crippen LogP contribution in [0.15, 0.2) is 22.7 Å². The van der Waals surface area contributed by atoms with Crippen LogP contribution in [0.5, 0.6) is 0 Å². The van der Waals surface area contributed by atoms with Crippen LogP contribution in [0.1, 0.15) is 26.0 Å². The van der Waals surface area contributed by atoms with E-state index in [-0.39, 0.29) is 10.9 Å². The van der Waals surface area contributed by atoms with Gasteiger partial charge >= 0.3 is 0 Å². The number of nitrogen functional groups attached to an aromatic ring is 1. The second-order valence-corrected chi connectivity index (χ2v) is 5.09. The van der Waals surface area contributed by atoms with Crippen molar-refractivity contribution in [3.05, 3.63) is 34.7 Å². The second kappa shape index (κ2) is 5.61. The Labute approximate surface area is 116 Å². The van der Waals surface area contributed by atoms with E-state index in [1.807, 2.05) is 0 Å². The Balaban J connectivity index is 2.49. The molecule has 0 bridgehead atoms. The summed E-state index contributed by atoms with van der Waals surface area (Å²) in [6.07, 6.45) is 1.70. The van der Waals surface area contributed by atoms with E-state index < -0.39 is 5.82 Å².